The molecule has 0 amide bonds. The first-order chi connectivity index (χ1) is 17.6. The summed E-state index contributed by atoms with van der Waals surface area (Å²) in [6, 6.07) is 22.8. The molecular weight excluding hydrogens is 446 g/mol. The number of rotatable bonds is 12. The summed E-state index contributed by atoms with van der Waals surface area (Å²) in [6.07, 6.45) is 5.63. The maximum atomic E-state index is 5.67. The fourth-order valence-electron chi connectivity index (χ4n) is 4.44. The van der Waals surface area contributed by atoms with Crippen LogP contribution < -0.4 is 4.74 Å². The molecule has 6 nitrogen and oxygen atoms in total. The van der Waals surface area contributed by atoms with Crippen molar-refractivity contribution < 1.29 is 4.74 Å². The van der Waals surface area contributed by atoms with Gasteiger partial charge < -0.3 is 4.74 Å². The fourth-order valence-corrected chi connectivity index (χ4v) is 4.44. The Kier molecular flexibility index (Phi) is 9.14. The first-order valence-electron chi connectivity index (χ1n) is 12.4. The lowest BCUT2D eigenvalue weighted by Crippen LogP contribution is -2.35. The van der Waals surface area contributed by atoms with Gasteiger partial charge in [0, 0.05) is 69.0 Å². The van der Waals surface area contributed by atoms with Crippen LogP contribution in [0.15, 0.2) is 85.3 Å². The molecule has 0 aliphatic carbocycles. The van der Waals surface area contributed by atoms with E-state index in [2.05, 4.69) is 69.2 Å². The van der Waals surface area contributed by atoms with Crippen LogP contribution in [-0.2, 0) is 26.2 Å². The molecule has 0 N–H and O–H groups in total. The minimum atomic E-state index is 0.748. The highest BCUT2D eigenvalue weighted by Crippen LogP contribution is 2.25. The molecule has 0 aliphatic heterocycles. The molecule has 0 spiro atoms. The molecule has 6 heteroatoms. The van der Waals surface area contributed by atoms with Gasteiger partial charge in [-0.25, -0.2) is 0 Å². The van der Waals surface area contributed by atoms with Crippen molar-refractivity contribution in [3.63, 3.8) is 0 Å². The Hall–Kier alpha value is -3.61. The Morgan fingerprint density at radius 3 is 1.81 bits per heavy atom. The van der Waals surface area contributed by atoms with Crippen LogP contribution >= 0.6 is 0 Å². The van der Waals surface area contributed by atoms with Crippen molar-refractivity contribution in [2.24, 2.45) is 0 Å². The number of methoxy groups -OCH3 is 1. The van der Waals surface area contributed by atoms with E-state index in [1.807, 2.05) is 49.8 Å². The molecule has 3 aromatic heterocycles. The van der Waals surface area contributed by atoms with Gasteiger partial charge in [-0.2, -0.15) is 0 Å². The van der Waals surface area contributed by atoms with Gasteiger partial charge in [0.05, 0.1) is 24.2 Å². The molecule has 0 unspecified atom stereocenters. The molecule has 0 bridgehead atoms. The highest BCUT2D eigenvalue weighted by atomic mass is 16.5. The van der Waals surface area contributed by atoms with E-state index in [0.29, 0.717) is 0 Å². The van der Waals surface area contributed by atoms with Crippen LogP contribution in [-0.4, -0.2) is 45.0 Å². The van der Waals surface area contributed by atoms with Crippen molar-refractivity contribution in [2.75, 3.05) is 20.2 Å². The quantitative estimate of drug-likeness (QED) is 0.277. The zero-order valence-electron chi connectivity index (χ0n) is 21.5. The number of benzene rings is 1. The number of nitrogens with zero attached hydrogens (tertiary/aromatic N) is 5. The second-order valence-electron chi connectivity index (χ2n) is 9.10. The van der Waals surface area contributed by atoms with Gasteiger partial charge in [0.15, 0.2) is 0 Å². The van der Waals surface area contributed by atoms with Crippen LogP contribution in [0.2, 0.25) is 0 Å². The SMILES string of the molecule is COc1c(C)cnc(CN(CCN(Cc2ccccn2)Cc2ccccn2)Cc2ccccc2)c1C. The predicted octanol–water partition coefficient (Wildman–Crippen LogP) is 5.20. The number of ether oxygens (including phenoxy) is 1. The second-order valence-corrected chi connectivity index (χ2v) is 9.10. The summed E-state index contributed by atoms with van der Waals surface area (Å²) >= 11 is 0. The van der Waals surface area contributed by atoms with Crippen LogP contribution in [0.25, 0.3) is 0 Å². The summed E-state index contributed by atoms with van der Waals surface area (Å²) in [5, 5.41) is 0. The molecule has 186 valence electrons. The molecule has 36 heavy (non-hydrogen) atoms. The molecule has 1 aromatic carbocycles. The van der Waals surface area contributed by atoms with Crippen LogP contribution in [0.5, 0.6) is 5.75 Å². The number of aromatic nitrogens is 3. The minimum Gasteiger partial charge on any atom is -0.496 e. The number of hydrogen-bond acceptors (Lipinski definition) is 6. The van der Waals surface area contributed by atoms with Crippen molar-refractivity contribution in [3.8, 4) is 5.75 Å². The van der Waals surface area contributed by atoms with Crippen LogP contribution in [0, 0.1) is 13.8 Å². The average Bonchev–Trinajstić information content (AvgIpc) is 2.91. The first-order valence-corrected chi connectivity index (χ1v) is 12.4. The molecule has 0 saturated heterocycles. The van der Waals surface area contributed by atoms with E-state index in [4.69, 9.17) is 9.72 Å². The maximum absolute atomic E-state index is 5.67. The summed E-state index contributed by atoms with van der Waals surface area (Å²) in [7, 11) is 1.73. The van der Waals surface area contributed by atoms with Crippen LogP contribution in [0.4, 0.5) is 0 Å². The van der Waals surface area contributed by atoms with Crippen molar-refractivity contribution >= 4 is 0 Å². The Balaban J connectivity index is 1.53. The highest BCUT2D eigenvalue weighted by molar-refractivity contribution is 5.41. The summed E-state index contributed by atoms with van der Waals surface area (Å²) in [6.45, 7) is 9.03. The van der Waals surface area contributed by atoms with Crippen molar-refractivity contribution in [1.29, 1.82) is 0 Å². The maximum Gasteiger partial charge on any atom is 0.128 e. The molecule has 0 fully saturated rings. The lowest BCUT2D eigenvalue weighted by Gasteiger charge is -2.28. The predicted molar refractivity (Wildman–Crippen MR) is 143 cm³/mol. The van der Waals surface area contributed by atoms with E-state index in [0.717, 1.165) is 73.2 Å². The lowest BCUT2D eigenvalue weighted by molar-refractivity contribution is 0.178. The third kappa shape index (κ3) is 7.20. The lowest BCUT2D eigenvalue weighted by atomic mass is 10.1. The van der Waals surface area contributed by atoms with Crippen molar-refractivity contribution in [2.45, 2.75) is 40.0 Å². The van der Waals surface area contributed by atoms with Crippen LogP contribution in [0.3, 0.4) is 0 Å². The Labute approximate surface area is 214 Å². The molecule has 0 saturated carbocycles. The van der Waals surface area contributed by atoms with E-state index >= 15 is 0 Å². The van der Waals surface area contributed by atoms with Gasteiger partial charge in [0.2, 0.25) is 0 Å². The standard InChI is InChI=1S/C30H35N5O/c1-24-19-33-29(25(2)30(24)36-3)23-34(20-26-11-5-4-6-12-26)17-18-35(21-27-13-7-9-15-31-27)22-28-14-8-10-16-32-28/h4-16,19H,17-18,20-23H2,1-3H3. The molecule has 3 heterocycles. The van der Waals surface area contributed by atoms with E-state index in [9.17, 15) is 0 Å². The van der Waals surface area contributed by atoms with Gasteiger partial charge in [0.1, 0.15) is 5.75 Å². The Bertz CT molecular complexity index is 1160. The van der Waals surface area contributed by atoms with E-state index in [1.54, 1.807) is 7.11 Å². The van der Waals surface area contributed by atoms with Gasteiger partial charge in [-0.05, 0) is 43.7 Å². The Morgan fingerprint density at radius 1 is 0.667 bits per heavy atom. The van der Waals surface area contributed by atoms with Crippen molar-refractivity contribution in [3.05, 3.63) is 119 Å². The van der Waals surface area contributed by atoms with Crippen LogP contribution in [0.1, 0.15) is 33.8 Å². The molecular formula is C30H35N5O. The molecule has 4 aromatic rings. The zero-order chi connectivity index (χ0) is 25.2. The Morgan fingerprint density at radius 2 is 1.25 bits per heavy atom. The van der Waals surface area contributed by atoms with E-state index in [1.165, 1.54) is 5.56 Å². The first kappa shape index (κ1) is 25.5. The monoisotopic (exact) mass is 481 g/mol. The van der Waals surface area contributed by atoms with Gasteiger partial charge in [0.25, 0.3) is 0 Å². The van der Waals surface area contributed by atoms with E-state index < -0.39 is 0 Å². The smallest absolute Gasteiger partial charge is 0.128 e. The van der Waals surface area contributed by atoms with Gasteiger partial charge in [-0.1, -0.05) is 42.5 Å². The summed E-state index contributed by atoms with van der Waals surface area (Å²) in [4.78, 5) is 18.8. The highest BCUT2D eigenvalue weighted by Gasteiger charge is 2.16. The number of aryl methyl sites for hydroxylation is 1. The largest absolute Gasteiger partial charge is 0.496 e. The third-order valence-corrected chi connectivity index (χ3v) is 6.33. The minimum absolute atomic E-state index is 0.748. The number of hydrogen-bond donors (Lipinski definition) is 0. The average molecular weight is 482 g/mol. The summed E-state index contributed by atoms with van der Waals surface area (Å²) < 4.78 is 5.67. The van der Waals surface area contributed by atoms with Crippen molar-refractivity contribution in [1.82, 2.24) is 24.8 Å². The molecule has 4 rings (SSSR count). The molecule has 0 atom stereocenters. The van der Waals surface area contributed by atoms with E-state index in [-0.39, 0.29) is 0 Å². The summed E-state index contributed by atoms with van der Waals surface area (Å²) in [5.41, 5.74) is 6.62. The zero-order valence-corrected chi connectivity index (χ0v) is 21.5. The molecule has 0 radical (unpaired) electrons. The second kappa shape index (κ2) is 12.9. The summed E-state index contributed by atoms with van der Waals surface area (Å²) in [5.74, 6) is 0.923. The fraction of sp³-hybridized carbons (Fsp3) is 0.300. The third-order valence-electron chi connectivity index (χ3n) is 6.33. The van der Waals surface area contributed by atoms with Gasteiger partial charge in [-0.15, -0.1) is 0 Å². The normalized spacial score (nSPS) is 11.2. The van der Waals surface area contributed by atoms with Gasteiger partial charge in [-0.3, -0.25) is 24.8 Å². The number of pyridine rings is 3. The molecule has 0 aliphatic rings. The topological polar surface area (TPSA) is 54.4 Å². The van der Waals surface area contributed by atoms with Gasteiger partial charge >= 0.3 is 0 Å².